The van der Waals surface area contributed by atoms with E-state index in [1.165, 1.54) is 123 Å². The van der Waals surface area contributed by atoms with Gasteiger partial charge < -0.3 is 28.4 Å². The minimum Gasteiger partial charge on any atom is -0.378 e. The topological polar surface area (TPSA) is 55.4 Å². The van der Waals surface area contributed by atoms with Gasteiger partial charge in [0.05, 0.1) is 38.6 Å². The second-order valence-electron chi connectivity index (χ2n) is 30.8. The molecule has 4 aliphatic heterocycles. The van der Waals surface area contributed by atoms with Gasteiger partial charge in [-0.3, -0.25) is 0 Å². The van der Waals surface area contributed by atoms with Gasteiger partial charge in [-0.2, -0.15) is 0 Å². The maximum atomic E-state index is 13.6. The highest BCUT2D eigenvalue weighted by Crippen LogP contribution is 2.29. The zero-order valence-corrected chi connectivity index (χ0v) is 68.2. The van der Waals surface area contributed by atoms with Crippen LogP contribution in [0.3, 0.4) is 0 Å². The molecule has 1 saturated carbocycles. The molecule has 12 heteroatoms. The number of aryl methyl sites for hydroxylation is 10. The van der Waals surface area contributed by atoms with E-state index in [4.69, 9.17) is 28.4 Å². The number of hydrogen-bond donors (Lipinski definition) is 0. The average molecular weight is 1470 g/mol. The van der Waals surface area contributed by atoms with Crippen molar-refractivity contribution < 1.29 is 54.8 Å². The van der Waals surface area contributed by atoms with Gasteiger partial charge in [0.2, 0.25) is 0 Å². The van der Waals surface area contributed by atoms with Crippen LogP contribution in [0.25, 0.3) is 32.3 Å². The van der Waals surface area contributed by atoms with E-state index in [0.29, 0.717) is 56.9 Å². The summed E-state index contributed by atoms with van der Waals surface area (Å²) in [6, 6.07) is 45.7. The molecule has 0 aromatic heterocycles. The van der Waals surface area contributed by atoms with E-state index in [1.54, 1.807) is 39.0 Å². The Kier molecular flexibility index (Phi) is 41.3. The Hall–Kier alpha value is -6.90. The largest absolute Gasteiger partial charge is 0.378 e. The molecular formula is C94H128F6O6. The zero-order chi connectivity index (χ0) is 78.7. The number of ether oxygens (including phenoxy) is 6. The van der Waals surface area contributed by atoms with Crippen molar-refractivity contribution in [3.05, 3.63) is 247 Å². The fraction of sp³-hybridized carbons (Fsp3) is 0.489. The van der Waals surface area contributed by atoms with Crippen molar-refractivity contribution in [2.24, 2.45) is 35.5 Å². The number of rotatable bonds is 0. The molecule has 582 valence electrons. The Morgan fingerprint density at radius 2 is 0.538 bits per heavy atom. The SMILES string of the molecule is CC1CCC(C)CC1.CC1CCC(C)OC1.CC1CCC(C)OC1.CC1COC(C)OC1.CC1COC(C)OC1.Cc1cc(F)c(C)c(F)c1.Cc1ccc(C)c(F)c1.Cc1ccc(C)cc1.Cc1ccc2c(F)c(C)c(F)cc2c1.Cc1ccc2c(F)c(C)ccc2c1.Cc1ccc2cc(C)ccc2c1. The maximum Gasteiger partial charge on any atom is 0.154 e. The number of hydrogen-bond acceptors (Lipinski definition) is 6. The molecule has 6 nitrogen and oxygen atoms in total. The maximum absolute atomic E-state index is 13.6. The lowest BCUT2D eigenvalue weighted by Crippen LogP contribution is -2.27. The van der Waals surface area contributed by atoms with E-state index in [1.807, 2.05) is 77.1 Å². The number of fused-ring (bicyclic) bond motifs is 3. The monoisotopic (exact) mass is 1470 g/mol. The predicted molar refractivity (Wildman–Crippen MR) is 433 cm³/mol. The molecule has 0 N–H and O–H groups in total. The van der Waals surface area contributed by atoms with Gasteiger partial charge >= 0.3 is 0 Å². The highest BCUT2D eigenvalue weighted by Gasteiger charge is 2.18. The van der Waals surface area contributed by atoms with Crippen LogP contribution in [0.2, 0.25) is 0 Å². The average Bonchev–Trinajstić information content (AvgIpc) is 0.781. The van der Waals surface area contributed by atoms with Crippen molar-refractivity contribution in [2.45, 2.75) is 228 Å². The standard InChI is InChI=1S/C12H10F2.C12H11F.C12H12.C8H8F2.C8H9F.C8H16.C8H10.2C7H14O.2C6H12O2/c1-7-3-4-10-9(5-7)6-11(13)8(2)12(10)14;1-8-3-6-11-10(7-8)5-4-9(2)12(11)13;1-9-3-5-12-8-10(2)4-6-11(12)7-9;1-5-3-7(9)6(2)8(10)4-5;1-6-3-4-7(2)8(9)5-6;2*1-7-3-5-8(2)6-4-7;2*1-6-3-4-7(2)8-5-6;2*1-5-3-7-6(2)8-4-5/h3-6H,1-2H3;3-7H,1-2H3;3-8H,1-2H3;3-4H,1-2H3;3-5H,1-2H3;7-8H,3-6H2,1-2H3;3-6H,1-2H3;2*6-7H,3-5H2,1-2H3;2*5-6H,3-4H2,1-2H3. The summed E-state index contributed by atoms with van der Waals surface area (Å²) in [5.41, 5.74) is 10.6. The van der Waals surface area contributed by atoms with Crippen LogP contribution in [0.4, 0.5) is 26.3 Å². The molecule has 5 fully saturated rings. The highest BCUT2D eigenvalue weighted by atomic mass is 19.2. The quantitative estimate of drug-likeness (QED) is 0.141. The van der Waals surface area contributed by atoms with Crippen LogP contribution in [-0.2, 0) is 28.4 Å². The van der Waals surface area contributed by atoms with E-state index < -0.39 is 23.3 Å². The second kappa shape index (κ2) is 47.8. The molecule has 0 bridgehead atoms. The third kappa shape index (κ3) is 35.4. The number of benzene rings is 9. The van der Waals surface area contributed by atoms with Gasteiger partial charge in [0.1, 0.15) is 34.9 Å². The molecule has 4 atom stereocenters. The third-order valence-electron chi connectivity index (χ3n) is 19.1. The lowest BCUT2D eigenvalue weighted by Gasteiger charge is -2.24. The summed E-state index contributed by atoms with van der Waals surface area (Å²) in [5.74, 6) is 2.68. The first kappa shape index (κ1) is 91.5. The van der Waals surface area contributed by atoms with Gasteiger partial charge in [0.15, 0.2) is 12.6 Å². The molecule has 1 aliphatic carbocycles. The van der Waals surface area contributed by atoms with Crippen molar-refractivity contribution in [3.63, 3.8) is 0 Å². The van der Waals surface area contributed by atoms with E-state index in [9.17, 15) is 26.3 Å². The van der Waals surface area contributed by atoms with E-state index in [-0.39, 0.29) is 35.3 Å². The van der Waals surface area contributed by atoms with Gasteiger partial charge in [0, 0.05) is 46.9 Å². The van der Waals surface area contributed by atoms with Gasteiger partial charge in [-0.1, -0.05) is 222 Å². The molecule has 4 saturated heterocycles. The Labute approximate surface area is 634 Å². The van der Waals surface area contributed by atoms with Crippen molar-refractivity contribution in [3.8, 4) is 0 Å². The van der Waals surface area contributed by atoms with Crippen LogP contribution in [-0.4, -0.2) is 64.4 Å². The fourth-order valence-corrected chi connectivity index (χ4v) is 11.5. The highest BCUT2D eigenvalue weighted by molar-refractivity contribution is 5.86. The Bertz CT molecular complexity index is 3730. The van der Waals surface area contributed by atoms with Crippen LogP contribution in [0, 0.1) is 153 Å². The normalized spacial score (nSPS) is 21.4. The van der Waals surface area contributed by atoms with E-state index >= 15 is 0 Å². The van der Waals surface area contributed by atoms with Gasteiger partial charge in [0.25, 0.3) is 0 Å². The van der Waals surface area contributed by atoms with E-state index in [0.717, 1.165) is 85.4 Å². The Balaban J connectivity index is 0.000000248. The minimum atomic E-state index is -0.486. The molecule has 0 amide bonds. The molecule has 9 aromatic rings. The van der Waals surface area contributed by atoms with Gasteiger partial charge in [-0.05, 0) is 228 Å². The molecule has 14 rings (SSSR count). The van der Waals surface area contributed by atoms with Gasteiger partial charge in [-0.25, -0.2) is 26.3 Å². The second-order valence-corrected chi connectivity index (χ2v) is 30.8. The first-order valence-corrected chi connectivity index (χ1v) is 38.4. The zero-order valence-electron chi connectivity index (χ0n) is 68.2. The molecule has 5 aliphatic rings. The molecule has 9 aromatic carbocycles. The summed E-state index contributed by atoms with van der Waals surface area (Å²) >= 11 is 0. The fourth-order valence-electron chi connectivity index (χ4n) is 11.5. The summed E-state index contributed by atoms with van der Waals surface area (Å²) < 4.78 is 110. The summed E-state index contributed by atoms with van der Waals surface area (Å²) in [6.07, 6.45) is 12.2. The van der Waals surface area contributed by atoms with Crippen LogP contribution in [0.15, 0.2) is 146 Å². The summed E-state index contributed by atoms with van der Waals surface area (Å²) in [5, 5.41) is 5.45. The summed E-state index contributed by atoms with van der Waals surface area (Å²) in [6.45, 7) is 49.2. The lowest BCUT2D eigenvalue weighted by atomic mass is 9.84. The smallest absolute Gasteiger partial charge is 0.154 e. The Morgan fingerprint density at radius 1 is 0.236 bits per heavy atom. The number of halogens is 6. The molecule has 106 heavy (non-hydrogen) atoms. The molecule has 4 unspecified atom stereocenters. The molecule has 0 spiro atoms. The van der Waals surface area contributed by atoms with Crippen LogP contribution in [0.5, 0.6) is 0 Å². The van der Waals surface area contributed by atoms with Gasteiger partial charge in [-0.15, -0.1) is 0 Å². The predicted octanol–water partition coefficient (Wildman–Crippen LogP) is 26.6. The third-order valence-corrected chi connectivity index (χ3v) is 19.1. The minimum absolute atomic E-state index is 0.0196. The summed E-state index contributed by atoms with van der Waals surface area (Å²) in [7, 11) is 0. The van der Waals surface area contributed by atoms with Crippen molar-refractivity contribution in [1.82, 2.24) is 0 Å². The Morgan fingerprint density at radius 3 is 0.906 bits per heavy atom. The molecule has 0 radical (unpaired) electrons. The summed E-state index contributed by atoms with van der Waals surface area (Å²) in [4.78, 5) is 0. The van der Waals surface area contributed by atoms with Crippen molar-refractivity contribution in [2.75, 3.05) is 39.6 Å². The molecular weight excluding hydrogens is 1340 g/mol. The van der Waals surface area contributed by atoms with Crippen LogP contribution < -0.4 is 0 Å². The lowest BCUT2D eigenvalue weighted by molar-refractivity contribution is -0.187. The van der Waals surface area contributed by atoms with Crippen LogP contribution in [0.1, 0.15) is 187 Å². The molecule has 4 heterocycles. The first-order chi connectivity index (χ1) is 50.1. The van der Waals surface area contributed by atoms with E-state index in [2.05, 4.69) is 144 Å². The van der Waals surface area contributed by atoms with Crippen molar-refractivity contribution >= 4 is 32.3 Å². The van der Waals surface area contributed by atoms with Crippen LogP contribution >= 0.6 is 0 Å². The van der Waals surface area contributed by atoms with Crippen molar-refractivity contribution in [1.29, 1.82) is 0 Å². The first-order valence-electron chi connectivity index (χ1n) is 38.4.